The lowest BCUT2D eigenvalue weighted by atomic mass is 9.92. The van der Waals surface area contributed by atoms with Crippen LogP contribution < -0.4 is 5.73 Å². The van der Waals surface area contributed by atoms with Crippen LogP contribution in [0.5, 0.6) is 0 Å². The van der Waals surface area contributed by atoms with Crippen molar-refractivity contribution in [2.24, 2.45) is 11.7 Å². The second kappa shape index (κ2) is 7.22. The van der Waals surface area contributed by atoms with E-state index in [1.807, 2.05) is 56.0 Å². The monoisotopic (exact) mass is 359 g/mol. The molecule has 2 unspecified atom stereocenters. The fourth-order valence-corrected chi connectivity index (χ4v) is 3.97. The highest BCUT2D eigenvalue weighted by Crippen LogP contribution is 2.26. The van der Waals surface area contributed by atoms with E-state index in [9.17, 15) is 4.79 Å². The molecule has 4 nitrogen and oxygen atoms in total. The van der Waals surface area contributed by atoms with Crippen LogP contribution in [-0.4, -0.2) is 34.5 Å². The second-order valence-corrected chi connectivity index (χ2v) is 7.55. The van der Waals surface area contributed by atoms with Crippen LogP contribution in [0.15, 0.2) is 30.3 Å². The van der Waals surface area contributed by atoms with Gasteiger partial charge in [0.1, 0.15) is 0 Å². The number of hydrogen-bond donors (Lipinski definition) is 1. The largest absolute Gasteiger partial charge is 0.338 e. The number of carbonyl (C=O) groups excluding carboxylic acids is 1. The minimum Gasteiger partial charge on any atom is -0.338 e. The molecule has 2 heterocycles. The Labute approximate surface area is 154 Å². The van der Waals surface area contributed by atoms with Gasteiger partial charge in [-0.15, -0.1) is 0 Å². The first-order valence-electron chi connectivity index (χ1n) is 8.88. The summed E-state index contributed by atoms with van der Waals surface area (Å²) in [7, 11) is 0. The molecule has 0 bridgehead atoms. The summed E-state index contributed by atoms with van der Waals surface area (Å²) in [5.74, 6) is 0.487. The summed E-state index contributed by atoms with van der Waals surface area (Å²) in [6.07, 6.45) is 2.12. The number of nitrogens with zero attached hydrogens (tertiary/aromatic N) is 2. The average molecular weight is 360 g/mol. The fraction of sp³-hybridized carbons (Fsp3) is 0.450. The molecule has 1 amide bonds. The van der Waals surface area contributed by atoms with Gasteiger partial charge in [-0.2, -0.15) is 0 Å². The highest BCUT2D eigenvalue weighted by atomic mass is 35.5. The number of piperidine rings is 1. The van der Waals surface area contributed by atoms with E-state index < -0.39 is 0 Å². The number of aromatic nitrogens is 1. The van der Waals surface area contributed by atoms with E-state index in [0.717, 1.165) is 48.6 Å². The highest BCUT2D eigenvalue weighted by molar-refractivity contribution is 6.30. The van der Waals surface area contributed by atoms with Crippen molar-refractivity contribution in [2.45, 2.75) is 39.7 Å². The molecule has 2 aromatic rings. The molecule has 1 aliphatic heterocycles. The molecule has 25 heavy (non-hydrogen) atoms. The van der Waals surface area contributed by atoms with Crippen molar-refractivity contribution < 1.29 is 4.79 Å². The van der Waals surface area contributed by atoms with Gasteiger partial charge in [-0.25, -0.2) is 0 Å². The van der Waals surface area contributed by atoms with Crippen molar-refractivity contribution in [3.8, 4) is 5.69 Å². The molecule has 134 valence electrons. The Bertz CT molecular complexity index is 781. The Hall–Kier alpha value is -1.78. The van der Waals surface area contributed by atoms with Crippen molar-refractivity contribution >= 4 is 17.5 Å². The fourth-order valence-electron chi connectivity index (χ4n) is 3.79. The van der Waals surface area contributed by atoms with E-state index in [2.05, 4.69) is 4.57 Å². The Balaban J connectivity index is 1.91. The third-order valence-corrected chi connectivity index (χ3v) is 5.45. The van der Waals surface area contributed by atoms with Gasteiger partial charge in [-0.05, 0) is 63.8 Å². The minimum absolute atomic E-state index is 0.103. The maximum absolute atomic E-state index is 13.1. The minimum atomic E-state index is 0.103. The van der Waals surface area contributed by atoms with Gasteiger partial charge < -0.3 is 15.2 Å². The molecule has 2 N–H and O–H groups in total. The summed E-state index contributed by atoms with van der Waals surface area (Å²) in [6.45, 7) is 7.60. The predicted octanol–water partition coefficient (Wildman–Crippen LogP) is 3.95. The Morgan fingerprint density at radius 1 is 1.32 bits per heavy atom. The third kappa shape index (κ3) is 3.60. The maximum atomic E-state index is 13.1. The molecular weight excluding hydrogens is 334 g/mol. The number of likely N-dealkylation sites (tertiary alicyclic amines) is 1. The lowest BCUT2D eigenvalue weighted by Crippen LogP contribution is -2.45. The summed E-state index contributed by atoms with van der Waals surface area (Å²) in [5, 5.41) is 0.689. The number of amides is 1. The molecule has 1 fully saturated rings. The molecule has 3 rings (SSSR count). The van der Waals surface area contributed by atoms with Crippen LogP contribution in [0.25, 0.3) is 5.69 Å². The quantitative estimate of drug-likeness (QED) is 0.902. The number of benzene rings is 1. The summed E-state index contributed by atoms with van der Waals surface area (Å²) in [4.78, 5) is 15.1. The average Bonchev–Trinajstić information content (AvgIpc) is 2.88. The van der Waals surface area contributed by atoms with E-state index >= 15 is 0 Å². The van der Waals surface area contributed by atoms with E-state index in [4.69, 9.17) is 17.3 Å². The van der Waals surface area contributed by atoms with Crippen molar-refractivity contribution in [3.63, 3.8) is 0 Å². The normalized spacial score (nSPS) is 19.1. The zero-order valence-corrected chi connectivity index (χ0v) is 15.9. The number of rotatable bonds is 3. The van der Waals surface area contributed by atoms with Gasteiger partial charge in [0, 0.05) is 41.2 Å². The van der Waals surface area contributed by atoms with E-state index in [1.165, 1.54) is 0 Å². The van der Waals surface area contributed by atoms with Crippen LogP contribution in [0.4, 0.5) is 0 Å². The molecule has 0 spiro atoms. The molecule has 1 aliphatic rings. The topological polar surface area (TPSA) is 51.3 Å². The van der Waals surface area contributed by atoms with Crippen molar-refractivity contribution in [1.82, 2.24) is 9.47 Å². The number of aryl methyl sites for hydroxylation is 1. The van der Waals surface area contributed by atoms with Gasteiger partial charge in [0.2, 0.25) is 0 Å². The zero-order valence-electron chi connectivity index (χ0n) is 15.1. The number of halogens is 1. The van der Waals surface area contributed by atoms with Crippen LogP contribution in [-0.2, 0) is 0 Å². The number of hydrogen-bond acceptors (Lipinski definition) is 2. The summed E-state index contributed by atoms with van der Waals surface area (Å²) in [5.41, 5.74) is 9.79. The number of carbonyl (C=O) groups is 1. The lowest BCUT2D eigenvalue weighted by Gasteiger charge is -2.34. The van der Waals surface area contributed by atoms with Crippen LogP contribution in [0.2, 0.25) is 5.02 Å². The molecule has 1 saturated heterocycles. The van der Waals surface area contributed by atoms with E-state index in [-0.39, 0.29) is 11.9 Å². The Morgan fingerprint density at radius 3 is 2.76 bits per heavy atom. The first-order valence-corrected chi connectivity index (χ1v) is 9.26. The van der Waals surface area contributed by atoms with Crippen molar-refractivity contribution in [3.05, 3.63) is 52.3 Å². The highest BCUT2D eigenvalue weighted by Gasteiger charge is 2.28. The second-order valence-electron chi connectivity index (χ2n) is 7.11. The smallest absolute Gasteiger partial charge is 0.255 e. The SMILES string of the molecule is Cc1cc(C(=O)N2CCCC(C(C)N)C2)c(C)n1-c1cccc(Cl)c1. The molecule has 1 aromatic carbocycles. The maximum Gasteiger partial charge on any atom is 0.255 e. The van der Waals surface area contributed by atoms with Gasteiger partial charge in [-0.1, -0.05) is 17.7 Å². The third-order valence-electron chi connectivity index (χ3n) is 5.22. The molecule has 0 aliphatic carbocycles. The van der Waals surface area contributed by atoms with Crippen LogP contribution in [0, 0.1) is 19.8 Å². The first kappa shape index (κ1) is 18.0. The zero-order chi connectivity index (χ0) is 18.1. The molecule has 5 heteroatoms. The summed E-state index contributed by atoms with van der Waals surface area (Å²) in [6, 6.07) is 9.81. The molecule has 2 atom stereocenters. The van der Waals surface area contributed by atoms with Gasteiger partial charge in [0.25, 0.3) is 5.91 Å². The Morgan fingerprint density at radius 2 is 2.08 bits per heavy atom. The van der Waals surface area contributed by atoms with Gasteiger partial charge in [-0.3, -0.25) is 4.79 Å². The van der Waals surface area contributed by atoms with Crippen LogP contribution in [0.1, 0.15) is 41.5 Å². The Kier molecular flexibility index (Phi) is 5.21. The summed E-state index contributed by atoms with van der Waals surface area (Å²) < 4.78 is 2.09. The van der Waals surface area contributed by atoms with Crippen LogP contribution in [0.3, 0.4) is 0 Å². The van der Waals surface area contributed by atoms with E-state index in [1.54, 1.807) is 0 Å². The van der Waals surface area contributed by atoms with Gasteiger partial charge in [0.05, 0.1) is 5.56 Å². The first-order chi connectivity index (χ1) is 11.9. The number of nitrogens with two attached hydrogens (primary N) is 1. The van der Waals surface area contributed by atoms with Crippen molar-refractivity contribution in [2.75, 3.05) is 13.1 Å². The van der Waals surface area contributed by atoms with Crippen LogP contribution >= 0.6 is 11.6 Å². The lowest BCUT2D eigenvalue weighted by molar-refractivity contribution is 0.0660. The van der Waals surface area contributed by atoms with Gasteiger partial charge >= 0.3 is 0 Å². The molecular formula is C20H26ClN3O. The standard InChI is InChI=1S/C20H26ClN3O/c1-13-10-19(15(3)24(13)18-8-4-7-17(21)11-18)20(25)23-9-5-6-16(12-23)14(2)22/h4,7-8,10-11,14,16H,5-6,9,12,22H2,1-3H3. The predicted molar refractivity (Wildman–Crippen MR) is 103 cm³/mol. The molecule has 0 saturated carbocycles. The molecule has 0 radical (unpaired) electrons. The molecule has 1 aromatic heterocycles. The van der Waals surface area contributed by atoms with Gasteiger partial charge in [0.15, 0.2) is 0 Å². The summed E-state index contributed by atoms with van der Waals surface area (Å²) >= 11 is 6.14. The van der Waals surface area contributed by atoms with Crippen molar-refractivity contribution in [1.29, 1.82) is 0 Å². The van der Waals surface area contributed by atoms with E-state index in [0.29, 0.717) is 10.9 Å².